The Balaban J connectivity index is 1.72. The maximum absolute atomic E-state index is 12.0. The van der Waals surface area contributed by atoms with Crippen molar-refractivity contribution < 1.29 is 23.6 Å². The Morgan fingerprint density at radius 2 is 1.85 bits per heavy atom. The predicted molar refractivity (Wildman–Crippen MR) is 95.0 cm³/mol. The molecule has 3 rings (SSSR count). The van der Waals surface area contributed by atoms with E-state index >= 15 is 0 Å². The Kier molecular flexibility index (Phi) is 4.67. The number of likely N-dealkylation sites (tertiary alicyclic amines) is 1. The minimum Gasteiger partial charge on any atom is -0.449 e. The minimum absolute atomic E-state index is 0.0950. The van der Waals surface area contributed by atoms with Crippen molar-refractivity contribution in [1.82, 2.24) is 10.2 Å². The Labute approximate surface area is 152 Å². The van der Waals surface area contributed by atoms with E-state index in [1.54, 1.807) is 24.3 Å². The smallest absolute Gasteiger partial charge is 0.286 e. The molecular weight excluding hydrogens is 360 g/mol. The minimum atomic E-state index is -0.800. The summed E-state index contributed by atoms with van der Waals surface area (Å²) < 4.78 is 5.40. The molecule has 0 unspecified atom stereocenters. The predicted octanol–water partition coefficient (Wildman–Crippen LogP) is 0.494. The zero-order chi connectivity index (χ0) is 18.8. The number of nitrogens with one attached hydrogen (secondary N) is 2. The number of rotatable bonds is 4. The van der Waals surface area contributed by atoms with Crippen LogP contribution in [0, 0.1) is 0 Å². The van der Waals surface area contributed by atoms with Crippen molar-refractivity contribution in [3.05, 3.63) is 30.0 Å². The van der Waals surface area contributed by atoms with E-state index < -0.39 is 30.2 Å². The molecule has 26 heavy (non-hydrogen) atoms. The quantitative estimate of drug-likeness (QED) is 0.524. The molecule has 0 bridgehead atoms. The molecule has 0 radical (unpaired) electrons. The van der Waals surface area contributed by atoms with E-state index in [1.807, 2.05) is 0 Å². The van der Waals surface area contributed by atoms with Gasteiger partial charge in [0, 0.05) is 18.2 Å². The molecular formula is C16H14N4O5S. The van der Waals surface area contributed by atoms with Gasteiger partial charge in [0.05, 0.1) is 0 Å². The summed E-state index contributed by atoms with van der Waals surface area (Å²) in [5, 5.41) is 5.50. The molecule has 1 aromatic carbocycles. The fourth-order valence-corrected chi connectivity index (χ4v) is 2.81. The van der Waals surface area contributed by atoms with Gasteiger partial charge in [0.15, 0.2) is 5.11 Å². The van der Waals surface area contributed by atoms with Crippen LogP contribution in [-0.4, -0.2) is 40.2 Å². The van der Waals surface area contributed by atoms with Crippen LogP contribution in [0.5, 0.6) is 0 Å². The van der Waals surface area contributed by atoms with Gasteiger partial charge in [-0.25, -0.2) is 0 Å². The second kappa shape index (κ2) is 6.92. The number of hydrogen-bond acceptors (Lipinski definition) is 6. The van der Waals surface area contributed by atoms with Gasteiger partial charge in [-0.15, -0.1) is 0 Å². The van der Waals surface area contributed by atoms with E-state index in [4.69, 9.17) is 22.4 Å². The zero-order valence-corrected chi connectivity index (χ0v) is 14.2. The summed E-state index contributed by atoms with van der Waals surface area (Å²) in [6.07, 6.45) is 0.190. The zero-order valence-electron chi connectivity index (χ0n) is 13.4. The number of fused-ring (bicyclic) bond motifs is 1. The molecule has 1 saturated heterocycles. The summed E-state index contributed by atoms with van der Waals surface area (Å²) in [5.74, 6) is -2.37. The van der Waals surface area contributed by atoms with E-state index in [-0.39, 0.29) is 29.4 Å². The van der Waals surface area contributed by atoms with Gasteiger partial charge in [0.2, 0.25) is 23.5 Å². The van der Waals surface area contributed by atoms with Crippen molar-refractivity contribution in [3.8, 4) is 0 Å². The lowest BCUT2D eigenvalue weighted by Crippen LogP contribution is -2.43. The molecule has 4 N–H and O–H groups in total. The number of thiocarbonyl (C=S) groups is 1. The molecule has 1 aliphatic rings. The maximum atomic E-state index is 12.0. The van der Waals surface area contributed by atoms with Gasteiger partial charge in [-0.2, -0.15) is 0 Å². The number of hydrogen-bond donors (Lipinski definition) is 3. The highest BCUT2D eigenvalue weighted by Crippen LogP contribution is 2.30. The summed E-state index contributed by atoms with van der Waals surface area (Å²) in [5.41, 5.74) is 5.96. The maximum Gasteiger partial charge on any atom is 0.286 e. The first-order valence-electron chi connectivity index (χ1n) is 7.62. The van der Waals surface area contributed by atoms with Gasteiger partial charge in [0.25, 0.3) is 5.91 Å². The number of primary amides is 1. The first-order chi connectivity index (χ1) is 12.4. The lowest BCUT2D eigenvalue weighted by molar-refractivity contribution is -0.142. The number of para-hydroxylation sites is 1. The molecule has 1 fully saturated rings. The van der Waals surface area contributed by atoms with Crippen LogP contribution in [0.25, 0.3) is 11.0 Å². The Morgan fingerprint density at radius 1 is 1.19 bits per heavy atom. The van der Waals surface area contributed by atoms with Crippen LogP contribution < -0.4 is 16.4 Å². The fraction of sp³-hybridized carbons (Fsp3) is 0.188. The molecule has 0 atom stereocenters. The number of benzene rings is 1. The molecule has 2 heterocycles. The molecule has 2 aromatic rings. The van der Waals surface area contributed by atoms with Crippen LogP contribution in [0.4, 0.5) is 5.69 Å². The van der Waals surface area contributed by atoms with Gasteiger partial charge in [-0.3, -0.25) is 24.1 Å². The van der Waals surface area contributed by atoms with Crippen molar-refractivity contribution in [2.75, 3.05) is 11.9 Å². The van der Waals surface area contributed by atoms with Crippen LogP contribution in [0.2, 0.25) is 0 Å². The van der Waals surface area contributed by atoms with Crippen LogP contribution in [0.1, 0.15) is 23.4 Å². The highest BCUT2D eigenvalue weighted by Gasteiger charge is 2.30. The SMILES string of the molecule is NC(=O)c1oc2ccccc2c1NC(=S)NC(=O)CN1C(=O)CCC1=O. The molecule has 9 nitrogen and oxygen atoms in total. The van der Waals surface area contributed by atoms with E-state index in [0.29, 0.717) is 11.0 Å². The third kappa shape index (κ3) is 3.40. The van der Waals surface area contributed by atoms with Gasteiger partial charge in [-0.1, -0.05) is 12.1 Å². The molecule has 0 spiro atoms. The number of amides is 4. The first kappa shape index (κ1) is 17.5. The number of anilines is 1. The second-order valence-electron chi connectivity index (χ2n) is 5.54. The lowest BCUT2D eigenvalue weighted by Gasteiger charge is -2.14. The van der Waals surface area contributed by atoms with E-state index in [9.17, 15) is 19.2 Å². The van der Waals surface area contributed by atoms with Crippen LogP contribution in [-0.2, 0) is 14.4 Å². The van der Waals surface area contributed by atoms with Crippen LogP contribution in [0.3, 0.4) is 0 Å². The summed E-state index contributed by atoms with van der Waals surface area (Å²) in [4.78, 5) is 47.5. The average molecular weight is 374 g/mol. The summed E-state index contributed by atoms with van der Waals surface area (Å²) in [6, 6.07) is 6.81. The van der Waals surface area contributed by atoms with Crippen molar-refractivity contribution in [3.63, 3.8) is 0 Å². The molecule has 1 aliphatic heterocycles. The molecule has 4 amide bonds. The Hall–Kier alpha value is -3.27. The first-order valence-corrected chi connectivity index (χ1v) is 8.03. The van der Waals surface area contributed by atoms with E-state index in [0.717, 1.165) is 4.90 Å². The van der Waals surface area contributed by atoms with Crippen LogP contribution >= 0.6 is 12.2 Å². The molecule has 0 saturated carbocycles. The van der Waals surface area contributed by atoms with Crippen LogP contribution in [0.15, 0.2) is 28.7 Å². The van der Waals surface area contributed by atoms with E-state index in [1.165, 1.54) is 0 Å². The third-order valence-electron chi connectivity index (χ3n) is 3.77. The van der Waals surface area contributed by atoms with Crippen molar-refractivity contribution in [2.45, 2.75) is 12.8 Å². The highest BCUT2D eigenvalue weighted by atomic mass is 32.1. The monoisotopic (exact) mass is 374 g/mol. The van der Waals surface area contributed by atoms with Gasteiger partial charge in [0.1, 0.15) is 17.8 Å². The molecule has 0 aliphatic carbocycles. The van der Waals surface area contributed by atoms with Gasteiger partial charge < -0.3 is 20.8 Å². The van der Waals surface area contributed by atoms with Crippen molar-refractivity contribution >= 4 is 57.6 Å². The van der Waals surface area contributed by atoms with Crippen molar-refractivity contribution in [2.24, 2.45) is 5.73 Å². The summed E-state index contributed by atoms with van der Waals surface area (Å²) >= 11 is 5.06. The number of furan rings is 1. The topological polar surface area (TPSA) is 135 Å². The highest BCUT2D eigenvalue weighted by molar-refractivity contribution is 7.80. The lowest BCUT2D eigenvalue weighted by atomic mass is 10.2. The number of imide groups is 1. The Bertz CT molecular complexity index is 935. The van der Waals surface area contributed by atoms with E-state index in [2.05, 4.69) is 10.6 Å². The fourth-order valence-electron chi connectivity index (χ4n) is 2.60. The standard InChI is InChI=1S/C16H14N4O5S/c17-15(24)14-13(8-3-1-2-4-9(8)25-14)19-16(26)18-10(21)7-20-11(22)5-6-12(20)23/h1-4H,5-7H2,(H2,17,24)(H2,18,19,21,26). The molecule has 10 heteroatoms. The summed E-state index contributed by atoms with van der Waals surface area (Å²) in [6.45, 7) is -0.422. The number of carbonyl (C=O) groups is 4. The van der Waals surface area contributed by atoms with Gasteiger partial charge >= 0.3 is 0 Å². The second-order valence-corrected chi connectivity index (χ2v) is 5.95. The third-order valence-corrected chi connectivity index (χ3v) is 3.97. The largest absolute Gasteiger partial charge is 0.449 e. The number of nitrogens with two attached hydrogens (primary N) is 1. The Morgan fingerprint density at radius 3 is 2.50 bits per heavy atom. The number of nitrogens with zero attached hydrogens (tertiary/aromatic N) is 1. The molecule has 1 aromatic heterocycles. The van der Waals surface area contributed by atoms with Crippen molar-refractivity contribution in [1.29, 1.82) is 0 Å². The normalized spacial score (nSPS) is 13.9. The average Bonchev–Trinajstić information content (AvgIpc) is 3.10. The number of carbonyl (C=O) groups excluding carboxylic acids is 4. The molecule has 134 valence electrons. The summed E-state index contributed by atoms with van der Waals surface area (Å²) in [7, 11) is 0. The van der Waals surface area contributed by atoms with Gasteiger partial charge in [-0.05, 0) is 24.4 Å².